The lowest BCUT2D eigenvalue weighted by molar-refractivity contribution is -0.131. The Bertz CT molecular complexity index is 373. The number of carbonyl (C=O) groups is 2. The van der Waals surface area contributed by atoms with Crippen LogP contribution in [0, 0.1) is 23.7 Å². The van der Waals surface area contributed by atoms with Gasteiger partial charge in [-0.05, 0) is 6.42 Å². The number of terminal acetylenes is 1. The molecule has 2 amide bonds. The van der Waals surface area contributed by atoms with E-state index in [-0.39, 0.29) is 30.3 Å². The fourth-order valence-electron chi connectivity index (χ4n) is 1.76. The molecular weight excluding hydrogens is 244 g/mol. The highest BCUT2D eigenvalue weighted by atomic mass is 16.5. The molecule has 1 fully saturated rings. The van der Waals surface area contributed by atoms with Gasteiger partial charge < -0.3 is 15.4 Å². The number of ether oxygens (including phenoxy) is 1. The molecular formula is C14H22N2O3. The molecule has 106 valence electrons. The van der Waals surface area contributed by atoms with Crippen LogP contribution in [0.15, 0.2) is 0 Å². The van der Waals surface area contributed by atoms with Crippen LogP contribution in [-0.2, 0) is 14.3 Å². The van der Waals surface area contributed by atoms with Crippen LogP contribution in [0.5, 0.6) is 0 Å². The SMILES string of the molecule is C#CC(NC(=O)CNC(=O)C(C)(C)C)C1CCOC1. The van der Waals surface area contributed by atoms with Crippen LogP contribution in [-0.4, -0.2) is 37.6 Å². The number of hydrogen-bond donors (Lipinski definition) is 2. The first-order valence-electron chi connectivity index (χ1n) is 6.46. The van der Waals surface area contributed by atoms with Crippen LogP contribution in [0.4, 0.5) is 0 Å². The van der Waals surface area contributed by atoms with Gasteiger partial charge in [-0.1, -0.05) is 26.7 Å². The highest BCUT2D eigenvalue weighted by Gasteiger charge is 2.26. The predicted octanol–water partition coefficient (Wildman–Crippen LogP) is 0.303. The minimum absolute atomic E-state index is 0.0537. The number of amides is 2. The van der Waals surface area contributed by atoms with Gasteiger partial charge in [0.15, 0.2) is 0 Å². The molecule has 0 radical (unpaired) electrons. The summed E-state index contributed by atoms with van der Waals surface area (Å²) in [6, 6.07) is -0.332. The van der Waals surface area contributed by atoms with Crippen LogP contribution in [0.3, 0.4) is 0 Å². The van der Waals surface area contributed by atoms with Gasteiger partial charge in [0.05, 0.1) is 19.2 Å². The van der Waals surface area contributed by atoms with Crippen molar-refractivity contribution >= 4 is 11.8 Å². The minimum Gasteiger partial charge on any atom is -0.381 e. The summed E-state index contributed by atoms with van der Waals surface area (Å²) >= 11 is 0. The van der Waals surface area contributed by atoms with E-state index in [0.717, 1.165) is 6.42 Å². The Morgan fingerprint density at radius 2 is 2.16 bits per heavy atom. The lowest BCUT2D eigenvalue weighted by Gasteiger charge is -2.20. The van der Waals surface area contributed by atoms with Gasteiger partial charge in [-0.15, -0.1) is 6.42 Å². The normalized spacial score (nSPS) is 20.4. The molecule has 19 heavy (non-hydrogen) atoms. The molecule has 2 unspecified atom stereocenters. The lowest BCUT2D eigenvalue weighted by atomic mass is 9.96. The van der Waals surface area contributed by atoms with Gasteiger partial charge >= 0.3 is 0 Å². The van der Waals surface area contributed by atoms with E-state index in [2.05, 4.69) is 16.6 Å². The first kappa shape index (κ1) is 15.5. The average Bonchev–Trinajstić information content (AvgIpc) is 2.85. The Hall–Kier alpha value is -1.54. The Kier molecular flexibility index (Phi) is 5.37. The fraction of sp³-hybridized carbons (Fsp3) is 0.714. The Balaban J connectivity index is 2.38. The molecule has 0 aromatic rings. The topological polar surface area (TPSA) is 67.4 Å². The molecule has 1 saturated heterocycles. The van der Waals surface area contributed by atoms with Crippen molar-refractivity contribution in [3.8, 4) is 12.3 Å². The Labute approximate surface area is 114 Å². The second-order valence-corrected chi connectivity index (χ2v) is 5.77. The van der Waals surface area contributed by atoms with Crippen molar-refractivity contribution in [1.82, 2.24) is 10.6 Å². The smallest absolute Gasteiger partial charge is 0.240 e. The molecule has 2 N–H and O–H groups in total. The fourth-order valence-corrected chi connectivity index (χ4v) is 1.76. The molecule has 1 rings (SSSR count). The highest BCUT2D eigenvalue weighted by molar-refractivity contribution is 5.87. The summed E-state index contributed by atoms with van der Waals surface area (Å²) in [5.41, 5.74) is -0.509. The Morgan fingerprint density at radius 3 is 2.63 bits per heavy atom. The van der Waals surface area contributed by atoms with Crippen molar-refractivity contribution in [2.75, 3.05) is 19.8 Å². The molecule has 0 aromatic carbocycles. The monoisotopic (exact) mass is 266 g/mol. The predicted molar refractivity (Wildman–Crippen MR) is 72.2 cm³/mol. The van der Waals surface area contributed by atoms with E-state index in [9.17, 15) is 9.59 Å². The van der Waals surface area contributed by atoms with Crippen LogP contribution < -0.4 is 10.6 Å². The highest BCUT2D eigenvalue weighted by Crippen LogP contribution is 2.16. The maximum Gasteiger partial charge on any atom is 0.240 e. The van der Waals surface area contributed by atoms with E-state index >= 15 is 0 Å². The Morgan fingerprint density at radius 1 is 1.47 bits per heavy atom. The quantitative estimate of drug-likeness (QED) is 0.719. The average molecular weight is 266 g/mol. The van der Waals surface area contributed by atoms with Gasteiger partial charge in [0, 0.05) is 17.9 Å². The molecule has 0 bridgehead atoms. The summed E-state index contributed by atoms with van der Waals surface area (Å²) in [5.74, 6) is 2.29. The van der Waals surface area contributed by atoms with Crippen molar-refractivity contribution in [1.29, 1.82) is 0 Å². The number of carbonyl (C=O) groups excluding carboxylic acids is 2. The summed E-state index contributed by atoms with van der Waals surface area (Å²) in [5, 5.41) is 5.34. The molecule has 0 saturated carbocycles. The van der Waals surface area contributed by atoms with Crippen molar-refractivity contribution in [3.05, 3.63) is 0 Å². The van der Waals surface area contributed by atoms with E-state index < -0.39 is 5.41 Å². The molecule has 0 aromatic heterocycles. The number of nitrogens with one attached hydrogen (secondary N) is 2. The van der Waals surface area contributed by atoms with Gasteiger partial charge in [0.1, 0.15) is 0 Å². The first-order valence-corrected chi connectivity index (χ1v) is 6.46. The van der Waals surface area contributed by atoms with Crippen LogP contribution in [0.1, 0.15) is 27.2 Å². The van der Waals surface area contributed by atoms with E-state index in [1.807, 2.05) is 0 Å². The van der Waals surface area contributed by atoms with Gasteiger partial charge in [-0.3, -0.25) is 9.59 Å². The maximum atomic E-state index is 11.7. The second-order valence-electron chi connectivity index (χ2n) is 5.77. The molecule has 1 aliphatic rings. The van der Waals surface area contributed by atoms with Gasteiger partial charge in [-0.25, -0.2) is 0 Å². The van der Waals surface area contributed by atoms with Crippen LogP contribution in [0.25, 0.3) is 0 Å². The lowest BCUT2D eigenvalue weighted by Crippen LogP contribution is -2.46. The maximum absolute atomic E-state index is 11.7. The van der Waals surface area contributed by atoms with E-state index in [1.54, 1.807) is 20.8 Å². The standard InChI is InChI=1S/C14H22N2O3/c1-5-11(10-6-7-19-9-10)16-12(17)8-15-13(18)14(2,3)4/h1,10-11H,6-9H2,2-4H3,(H,15,18)(H,16,17). The first-order chi connectivity index (χ1) is 8.84. The third-order valence-electron chi connectivity index (χ3n) is 3.02. The van der Waals surface area contributed by atoms with Crippen LogP contribution in [0.2, 0.25) is 0 Å². The summed E-state index contributed by atoms with van der Waals surface area (Å²) in [6.07, 6.45) is 6.27. The zero-order valence-electron chi connectivity index (χ0n) is 11.8. The summed E-state index contributed by atoms with van der Waals surface area (Å²) < 4.78 is 5.25. The van der Waals surface area contributed by atoms with E-state index in [1.165, 1.54) is 0 Å². The van der Waals surface area contributed by atoms with Crippen molar-refractivity contribution in [2.24, 2.45) is 11.3 Å². The third-order valence-corrected chi connectivity index (χ3v) is 3.02. The molecule has 1 heterocycles. The van der Waals surface area contributed by atoms with E-state index in [4.69, 9.17) is 11.2 Å². The molecule has 0 spiro atoms. The third kappa shape index (κ3) is 4.92. The zero-order valence-corrected chi connectivity index (χ0v) is 11.8. The van der Waals surface area contributed by atoms with Crippen LogP contribution >= 0.6 is 0 Å². The summed E-state index contributed by atoms with van der Waals surface area (Å²) in [6.45, 7) is 6.58. The molecule has 0 aliphatic carbocycles. The van der Waals surface area contributed by atoms with Crippen molar-refractivity contribution in [3.63, 3.8) is 0 Å². The number of hydrogen-bond acceptors (Lipinski definition) is 3. The van der Waals surface area contributed by atoms with Gasteiger partial charge in [-0.2, -0.15) is 0 Å². The number of rotatable bonds is 4. The molecule has 2 atom stereocenters. The van der Waals surface area contributed by atoms with Crippen molar-refractivity contribution < 1.29 is 14.3 Å². The van der Waals surface area contributed by atoms with E-state index in [0.29, 0.717) is 13.2 Å². The largest absolute Gasteiger partial charge is 0.381 e. The molecule has 5 nitrogen and oxygen atoms in total. The zero-order chi connectivity index (χ0) is 14.5. The second kappa shape index (κ2) is 6.58. The molecule has 5 heteroatoms. The molecule has 1 aliphatic heterocycles. The summed E-state index contributed by atoms with van der Waals surface area (Å²) in [4.78, 5) is 23.4. The van der Waals surface area contributed by atoms with Gasteiger partial charge in [0.25, 0.3) is 0 Å². The minimum atomic E-state index is -0.509. The van der Waals surface area contributed by atoms with Crippen molar-refractivity contribution in [2.45, 2.75) is 33.2 Å². The van der Waals surface area contributed by atoms with Gasteiger partial charge in [0.2, 0.25) is 11.8 Å². The summed E-state index contributed by atoms with van der Waals surface area (Å²) in [7, 11) is 0.